The molecule has 0 bridgehead atoms. The van der Waals surface area contributed by atoms with E-state index in [1.807, 2.05) is 0 Å². The van der Waals surface area contributed by atoms with Gasteiger partial charge in [0.15, 0.2) is 5.82 Å². The lowest BCUT2D eigenvalue weighted by molar-refractivity contribution is 0.218. The molecule has 0 radical (unpaired) electrons. The van der Waals surface area contributed by atoms with Crippen molar-refractivity contribution >= 4 is 0 Å². The van der Waals surface area contributed by atoms with Crippen LogP contribution in [0.15, 0.2) is 6.07 Å². The van der Waals surface area contributed by atoms with Crippen LogP contribution in [0, 0.1) is 11.6 Å². The van der Waals surface area contributed by atoms with Crippen LogP contribution in [0.2, 0.25) is 0 Å². The first-order valence-corrected chi connectivity index (χ1v) is 4.94. The van der Waals surface area contributed by atoms with Crippen molar-refractivity contribution < 1.29 is 13.5 Å². The zero-order valence-electron chi connectivity index (χ0n) is 9.34. The molecule has 84 valence electrons. The number of hydrogen-bond donors (Lipinski definition) is 0. The smallest absolute Gasteiger partial charge is 0.251 e. The van der Waals surface area contributed by atoms with Gasteiger partial charge in [0.25, 0.3) is 5.88 Å². The molecule has 0 atom stereocenters. The highest BCUT2D eigenvalue weighted by Gasteiger charge is 2.15. The zero-order valence-corrected chi connectivity index (χ0v) is 9.34. The monoisotopic (exact) mass is 215 g/mol. The summed E-state index contributed by atoms with van der Waals surface area (Å²) >= 11 is 0. The average molecular weight is 215 g/mol. The second-order valence-electron chi connectivity index (χ2n) is 3.96. The van der Waals surface area contributed by atoms with Crippen molar-refractivity contribution in [2.45, 2.75) is 39.7 Å². The average Bonchev–Trinajstić information content (AvgIpc) is 2.08. The first-order chi connectivity index (χ1) is 6.91. The Morgan fingerprint density at radius 3 is 2.20 bits per heavy atom. The zero-order chi connectivity index (χ0) is 11.6. The molecule has 0 amide bonds. The quantitative estimate of drug-likeness (QED) is 0.772. The molecular formula is C11H15F2NO. The lowest BCUT2D eigenvalue weighted by Crippen LogP contribution is -2.11. The summed E-state index contributed by atoms with van der Waals surface area (Å²) in [7, 11) is 0. The molecule has 0 saturated heterocycles. The Morgan fingerprint density at radius 1 is 1.13 bits per heavy atom. The third-order valence-electron chi connectivity index (χ3n) is 1.82. The summed E-state index contributed by atoms with van der Waals surface area (Å²) in [5, 5.41) is 0. The Balaban J connectivity index is 3.11. The third-order valence-corrected chi connectivity index (χ3v) is 1.82. The first-order valence-electron chi connectivity index (χ1n) is 4.94. The maximum atomic E-state index is 13.3. The van der Waals surface area contributed by atoms with Crippen LogP contribution in [0.1, 0.15) is 39.3 Å². The molecule has 0 aliphatic heterocycles. The second kappa shape index (κ2) is 4.55. The molecule has 0 aromatic carbocycles. The van der Waals surface area contributed by atoms with Gasteiger partial charge in [-0.25, -0.2) is 13.8 Å². The molecule has 1 aromatic rings. The summed E-state index contributed by atoms with van der Waals surface area (Å²) in [5.74, 6) is -1.61. The van der Waals surface area contributed by atoms with Crippen LogP contribution in [0.4, 0.5) is 8.78 Å². The van der Waals surface area contributed by atoms with Crippen molar-refractivity contribution in [3.05, 3.63) is 23.4 Å². The van der Waals surface area contributed by atoms with Crippen molar-refractivity contribution in [1.82, 2.24) is 4.98 Å². The number of aromatic nitrogens is 1. The van der Waals surface area contributed by atoms with Gasteiger partial charge in [-0.05, 0) is 19.8 Å². The van der Waals surface area contributed by atoms with E-state index in [0.29, 0.717) is 0 Å². The Hall–Kier alpha value is -1.19. The number of rotatable bonds is 3. The van der Waals surface area contributed by atoms with Gasteiger partial charge >= 0.3 is 0 Å². The fourth-order valence-electron chi connectivity index (χ4n) is 1.17. The van der Waals surface area contributed by atoms with Crippen molar-refractivity contribution in [2.24, 2.45) is 0 Å². The van der Waals surface area contributed by atoms with Crippen LogP contribution >= 0.6 is 0 Å². The van der Waals surface area contributed by atoms with Gasteiger partial charge in [0.05, 0.1) is 11.8 Å². The Morgan fingerprint density at radius 2 is 1.73 bits per heavy atom. The van der Waals surface area contributed by atoms with Crippen LogP contribution in [-0.4, -0.2) is 11.1 Å². The summed E-state index contributed by atoms with van der Waals surface area (Å²) in [5.41, 5.74) is 0.229. The molecule has 1 heterocycles. The summed E-state index contributed by atoms with van der Waals surface area (Å²) in [4.78, 5) is 3.84. The molecule has 0 aliphatic carbocycles. The molecule has 1 aromatic heterocycles. The topological polar surface area (TPSA) is 22.1 Å². The number of ether oxygens (including phenoxy) is 1. The summed E-state index contributed by atoms with van der Waals surface area (Å²) in [6.07, 6.45) is -0.183. The van der Waals surface area contributed by atoms with Gasteiger partial charge < -0.3 is 4.74 Å². The van der Waals surface area contributed by atoms with Gasteiger partial charge in [0.2, 0.25) is 0 Å². The van der Waals surface area contributed by atoms with E-state index in [1.54, 1.807) is 27.7 Å². The number of halogens is 2. The highest BCUT2D eigenvalue weighted by Crippen LogP contribution is 2.23. The summed E-state index contributed by atoms with van der Waals surface area (Å²) in [6, 6.07) is 0.819. The SMILES string of the molecule is CC(C)Oc1nc(C(C)C)c(F)cc1F. The van der Waals surface area contributed by atoms with E-state index in [0.717, 1.165) is 6.07 Å². The van der Waals surface area contributed by atoms with E-state index in [9.17, 15) is 8.78 Å². The van der Waals surface area contributed by atoms with Gasteiger partial charge in [-0.2, -0.15) is 0 Å². The number of nitrogens with zero attached hydrogens (tertiary/aromatic N) is 1. The van der Waals surface area contributed by atoms with Gasteiger partial charge in [0.1, 0.15) is 5.82 Å². The summed E-state index contributed by atoms with van der Waals surface area (Å²) in [6.45, 7) is 7.12. The predicted octanol–water partition coefficient (Wildman–Crippen LogP) is 3.27. The largest absolute Gasteiger partial charge is 0.473 e. The van der Waals surface area contributed by atoms with Gasteiger partial charge in [0, 0.05) is 6.07 Å². The van der Waals surface area contributed by atoms with Crippen molar-refractivity contribution in [1.29, 1.82) is 0 Å². The van der Waals surface area contributed by atoms with E-state index in [2.05, 4.69) is 4.98 Å². The third kappa shape index (κ3) is 2.88. The highest BCUT2D eigenvalue weighted by atomic mass is 19.1. The fraction of sp³-hybridized carbons (Fsp3) is 0.545. The van der Waals surface area contributed by atoms with Crippen LogP contribution < -0.4 is 4.74 Å². The maximum absolute atomic E-state index is 13.3. The van der Waals surface area contributed by atoms with Crippen molar-refractivity contribution in [2.75, 3.05) is 0 Å². The molecule has 0 unspecified atom stereocenters. The normalized spacial score (nSPS) is 11.2. The lowest BCUT2D eigenvalue weighted by atomic mass is 10.1. The number of pyridine rings is 1. The fourth-order valence-corrected chi connectivity index (χ4v) is 1.17. The lowest BCUT2D eigenvalue weighted by Gasteiger charge is -2.12. The molecule has 15 heavy (non-hydrogen) atoms. The molecular weight excluding hydrogens is 200 g/mol. The van der Waals surface area contributed by atoms with E-state index < -0.39 is 11.6 Å². The van der Waals surface area contributed by atoms with Crippen LogP contribution in [0.25, 0.3) is 0 Å². The molecule has 0 N–H and O–H groups in total. The predicted molar refractivity (Wildman–Crippen MR) is 54.0 cm³/mol. The van der Waals surface area contributed by atoms with E-state index in [-0.39, 0.29) is 23.6 Å². The Labute approximate surface area is 88.3 Å². The van der Waals surface area contributed by atoms with E-state index in [1.165, 1.54) is 0 Å². The van der Waals surface area contributed by atoms with Crippen LogP contribution in [-0.2, 0) is 0 Å². The van der Waals surface area contributed by atoms with Crippen molar-refractivity contribution in [3.8, 4) is 5.88 Å². The minimum Gasteiger partial charge on any atom is -0.473 e. The second-order valence-corrected chi connectivity index (χ2v) is 3.96. The summed E-state index contributed by atoms with van der Waals surface area (Å²) < 4.78 is 31.6. The molecule has 0 aliphatic rings. The Kier molecular flexibility index (Phi) is 3.61. The maximum Gasteiger partial charge on any atom is 0.251 e. The van der Waals surface area contributed by atoms with Gasteiger partial charge in [-0.1, -0.05) is 13.8 Å². The van der Waals surface area contributed by atoms with Crippen LogP contribution in [0.3, 0.4) is 0 Å². The van der Waals surface area contributed by atoms with Crippen molar-refractivity contribution in [3.63, 3.8) is 0 Å². The molecule has 4 heteroatoms. The number of hydrogen-bond acceptors (Lipinski definition) is 2. The van der Waals surface area contributed by atoms with Crippen LogP contribution in [0.5, 0.6) is 5.88 Å². The standard InChI is InChI=1S/C11H15F2NO/c1-6(2)10-8(12)5-9(13)11(14-10)15-7(3)4/h5-7H,1-4H3. The molecule has 2 nitrogen and oxygen atoms in total. The molecule has 0 saturated carbocycles. The molecule has 0 fully saturated rings. The first kappa shape index (κ1) is 11.9. The molecule has 0 spiro atoms. The van der Waals surface area contributed by atoms with Gasteiger partial charge in [-0.3, -0.25) is 0 Å². The minimum atomic E-state index is -0.759. The van der Waals surface area contributed by atoms with Gasteiger partial charge in [-0.15, -0.1) is 0 Å². The van der Waals surface area contributed by atoms with E-state index >= 15 is 0 Å². The Bertz CT molecular complexity index is 351. The minimum absolute atomic E-state index is 0.0971. The highest BCUT2D eigenvalue weighted by molar-refractivity contribution is 5.22. The molecule has 1 rings (SSSR count). The van der Waals surface area contributed by atoms with E-state index in [4.69, 9.17) is 4.74 Å².